The third kappa shape index (κ3) is 4.49. The van der Waals surface area contributed by atoms with E-state index >= 15 is 0 Å². The largest absolute Gasteiger partial charge is 0.361 e. The quantitative estimate of drug-likeness (QED) is 0.645. The second-order valence-corrected chi connectivity index (χ2v) is 8.94. The number of likely N-dealkylation sites (tertiary alicyclic amines) is 1. The highest BCUT2D eigenvalue weighted by Crippen LogP contribution is 2.33. The highest BCUT2D eigenvalue weighted by atomic mass is 16.5. The van der Waals surface area contributed by atoms with Crippen molar-refractivity contribution in [1.29, 1.82) is 0 Å². The van der Waals surface area contributed by atoms with Crippen LogP contribution >= 0.6 is 0 Å². The molecule has 0 radical (unpaired) electrons. The number of aromatic nitrogens is 2. The van der Waals surface area contributed by atoms with E-state index in [1.54, 1.807) is 4.90 Å². The van der Waals surface area contributed by atoms with Gasteiger partial charge in [-0.3, -0.25) is 9.59 Å². The van der Waals surface area contributed by atoms with Crippen molar-refractivity contribution in [2.45, 2.75) is 25.9 Å². The molecule has 2 aromatic carbocycles. The summed E-state index contributed by atoms with van der Waals surface area (Å²) >= 11 is 0. The molecule has 2 saturated heterocycles. The number of ether oxygens (including phenoxy) is 1. The number of carbonyl (C=O) groups is 2. The number of morpholine rings is 1. The highest BCUT2D eigenvalue weighted by molar-refractivity contribution is 5.96. The predicted molar refractivity (Wildman–Crippen MR) is 129 cm³/mol. The van der Waals surface area contributed by atoms with Gasteiger partial charge in [0.05, 0.1) is 13.1 Å². The molecular weight excluding hydrogens is 430 g/mol. The first-order valence-electron chi connectivity index (χ1n) is 11.4. The van der Waals surface area contributed by atoms with Crippen LogP contribution in [0.4, 0.5) is 17.3 Å². The lowest BCUT2D eigenvalue weighted by Gasteiger charge is -2.40. The molecule has 1 N–H and O–H groups in total. The van der Waals surface area contributed by atoms with Gasteiger partial charge in [0.2, 0.25) is 5.95 Å². The number of aryl methyl sites for hydroxylation is 2. The van der Waals surface area contributed by atoms with Gasteiger partial charge in [0.1, 0.15) is 12.2 Å². The monoisotopic (exact) mass is 457 g/mol. The number of benzene rings is 2. The molecule has 8 heteroatoms. The molecule has 34 heavy (non-hydrogen) atoms. The van der Waals surface area contributed by atoms with E-state index in [9.17, 15) is 9.59 Å². The lowest BCUT2D eigenvalue weighted by molar-refractivity contribution is -0.137. The van der Waals surface area contributed by atoms with Crippen molar-refractivity contribution >= 4 is 29.1 Å². The molecule has 0 unspecified atom stereocenters. The summed E-state index contributed by atoms with van der Waals surface area (Å²) in [6, 6.07) is 18.9. The van der Waals surface area contributed by atoms with Gasteiger partial charge in [0, 0.05) is 34.9 Å². The van der Waals surface area contributed by atoms with Crippen LogP contribution in [0.25, 0.3) is 0 Å². The number of nitrogens with zero attached hydrogens (tertiary/aromatic N) is 4. The van der Waals surface area contributed by atoms with Crippen LogP contribution in [0.2, 0.25) is 0 Å². The summed E-state index contributed by atoms with van der Waals surface area (Å²) in [5.41, 5.74) is 3.38. The summed E-state index contributed by atoms with van der Waals surface area (Å²) in [5.74, 6) is 0.381. The molecule has 1 spiro atoms. The lowest BCUT2D eigenvalue weighted by Crippen LogP contribution is -2.56. The Hall–Kier alpha value is -3.78. The molecule has 174 valence electrons. The van der Waals surface area contributed by atoms with E-state index in [1.807, 2.05) is 79.4 Å². The van der Waals surface area contributed by atoms with E-state index in [0.717, 1.165) is 22.8 Å². The molecule has 2 fully saturated rings. The van der Waals surface area contributed by atoms with Crippen molar-refractivity contribution in [1.82, 2.24) is 14.9 Å². The van der Waals surface area contributed by atoms with Crippen molar-refractivity contribution in [3.8, 4) is 0 Å². The molecule has 0 aliphatic carbocycles. The first-order valence-corrected chi connectivity index (χ1v) is 11.4. The van der Waals surface area contributed by atoms with Crippen LogP contribution < -0.4 is 10.2 Å². The fraction of sp³-hybridized carbons (Fsp3) is 0.308. The molecule has 1 atom stereocenters. The molecule has 2 aliphatic heterocycles. The van der Waals surface area contributed by atoms with Crippen LogP contribution in [0, 0.1) is 13.8 Å². The van der Waals surface area contributed by atoms with Crippen LogP contribution in [0.1, 0.15) is 28.2 Å². The highest BCUT2D eigenvalue weighted by Gasteiger charge is 2.46. The Balaban J connectivity index is 1.30. The van der Waals surface area contributed by atoms with E-state index in [0.29, 0.717) is 37.6 Å². The smallest absolute Gasteiger partial charge is 0.254 e. The molecule has 1 aromatic heterocycles. The Kier molecular flexibility index (Phi) is 5.75. The van der Waals surface area contributed by atoms with Gasteiger partial charge in [-0.25, -0.2) is 9.97 Å². The van der Waals surface area contributed by atoms with Gasteiger partial charge in [-0.05, 0) is 56.7 Å². The van der Waals surface area contributed by atoms with Gasteiger partial charge in [-0.2, -0.15) is 0 Å². The topological polar surface area (TPSA) is 87.7 Å². The van der Waals surface area contributed by atoms with Gasteiger partial charge in [0.25, 0.3) is 11.8 Å². The summed E-state index contributed by atoms with van der Waals surface area (Å²) < 4.78 is 6.02. The molecule has 2 amide bonds. The number of hydrogen-bond donors (Lipinski definition) is 1. The summed E-state index contributed by atoms with van der Waals surface area (Å²) in [6.07, 6.45) is 0.684. The van der Waals surface area contributed by atoms with Gasteiger partial charge in [0.15, 0.2) is 0 Å². The van der Waals surface area contributed by atoms with Crippen LogP contribution in [0.5, 0.6) is 0 Å². The molecule has 3 heterocycles. The van der Waals surface area contributed by atoms with Gasteiger partial charge >= 0.3 is 0 Å². The van der Waals surface area contributed by atoms with Crippen LogP contribution in [0.3, 0.4) is 0 Å². The number of hydrogen-bond acceptors (Lipinski definition) is 6. The zero-order valence-corrected chi connectivity index (χ0v) is 19.3. The summed E-state index contributed by atoms with van der Waals surface area (Å²) in [6.45, 7) is 5.32. The standard InChI is InChI=1S/C26H27N5O3/c1-18-13-19(2)28-25(27-18)29-21-8-6-7-20(14-21)24(33)30-12-11-26(16-30)17-31(23(32)15-34-26)22-9-4-3-5-10-22/h3-10,13-14H,11-12,15-17H2,1-2H3,(H,27,28,29)/t26-/m1/s1. The Labute approximate surface area is 198 Å². The van der Waals surface area contributed by atoms with E-state index in [2.05, 4.69) is 15.3 Å². The third-order valence-electron chi connectivity index (χ3n) is 6.27. The van der Waals surface area contributed by atoms with Crippen LogP contribution in [-0.4, -0.2) is 58.5 Å². The molecule has 0 saturated carbocycles. The Morgan fingerprint density at radius 1 is 1.00 bits per heavy atom. The summed E-state index contributed by atoms with van der Waals surface area (Å²) in [5, 5.41) is 3.20. The minimum atomic E-state index is -0.553. The molecule has 5 rings (SSSR count). The van der Waals surface area contributed by atoms with Crippen LogP contribution in [0.15, 0.2) is 60.7 Å². The Morgan fingerprint density at radius 2 is 1.76 bits per heavy atom. The predicted octanol–water partition coefficient (Wildman–Crippen LogP) is 3.49. The van der Waals surface area contributed by atoms with Gasteiger partial charge in [-0.1, -0.05) is 24.3 Å². The summed E-state index contributed by atoms with van der Waals surface area (Å²) in [7, 11) is 0. The van der Waals surface area contributed by atoms with Crippen molar-refractivity contribution in [2.24, 2.45) is 0 Å². The van der Waals surface area contributed by atoms with Crippen molar-refractivity contribution in [3.63, 3.8) is 0 Å². The number of carbonyl (C=O) groups excluding carboxylic acids is 2. The fourth-order valence-electron chi connectivity index (χ4n) is 4.65. The maximum absolute atomic E-state index is 13.3. The molecular formula is C26H27N5O3. The normalized spacial score (nSPS) is 20.1. The lowest BCUT2D eigenvalue weighted by atomic mass is 10.00. The number of anilines is 3. The number of para-hydroxylation sites is 1. The first kappa shape index (κ1) is 22.0. The van der Waals surface area contributed by atoms with E-state index in [1.165, 1.54) is 0 Å². The molecule has 8 nitrogen and oxygen atoms in total. The van der Waals surface area contributed by atoms with E-state index < -0.39 is 5.60 Å². The average Bonchev–Trinajstić information content (AvgIpc) is 3.24. The average molecular weight is 458 g/mol. The summed E-state index contributed by atoms with van der Waals surface area (Å²) in [4.78, 5) is 38.2. The van der Waals surface area contributed by atoms with Crippen LogP contribution in [-0.2, 0) is 9.53 Å². The molecule has 2 aliphatic rings. The van der Waals surface area contributed by atoms with E-state index in [4.69, 9.17) is 4.74 Å². The van der Waals surface area contributed by atoms with Gasteiger partial charge < -0.3 is 19.9 Å². The van der Waals surface area contributed by atoms with Crippen molar-refractivity contribution < 1.29 is 14.3 Å². The maximum atomic E-state index is 13.3. The van der Waals surface area contributed by atoms with E-state index in [-0.39, 0.29) is 18.4 Å². The number of amides is 2. The minimum Gasteiger partial charge on any atom is -0.361 e. The molecule has 3 aromatic rings. The number of nitrogens with one attached hydrogen (secondary N) is 1. The number of rotatable bonds is 4. The molecule has 0 bridgehead atoms. The maximum Gasteiger partial charge on any atom is 0.254 e. The minimum absolute atomic E-state index is 0.0201. The second kappa shape index (κ2) is 8.87. The van der Waals surface area contributed by atoms with Gasteiger partial charge in [-0.15, -0.1) is 0 Å². The third-order valence-corrected chi connectivity index (χ3v) is 6.27. The fourth-order valence-corrected chi connectivity index (χ4v) is 4.65. The Bertz CT molecular complexity index is 1210. The van der Waals surface area contributed by atoms with Crippen molar-refractivity contribution in [2.75, 3.05) is 36.5 Å². The Morgan fingerprint density at radius 3 is 2.53 bits per heavy atom. The first-order chi connectivity index (χ1) is 16.4. The van der Waals surface area contributed by atoms with Crippen molar-refractivity contribution in [3.05, 3.63) is 77.6 Å². The SMILES string of the molecule is Cc1cc(C)nc(Nc2cccc(C(=O)N3CC[C@@]4(C3)CN(c3ccccc3)C(=O)CO4)c2)n1. The second-order valence-electron chi connectivity index (χ2n) is 8.94. The zero-order valence-electron chi connectivity index (χ0n) is 19.3. The zero-order chi connectivity index (χ0) is 23.7.